The summed E-state index contributed by atoms with van der Waals surface area (Å²) in [7, 11) is 0. The molecular weight excluding hydrogens is 493 g/mol. The third-order valence-electron chi connectivity index (χ3n) is 4.46. The van der Waals surface area contributed by atoms with Crippen LogP contribution in [0.1, 0.15) is 25.3 Å². The minimum absolute atomic E-state index is 0. The second-order valence-corrected chi connectivity index (χ2v) is 7.67. The van der Waals surface area contributed by atoms with E-state index in [-0.39, 0.29) is 24.0 Å². The van der Waals surface area contributed by atoms with Gasteiger partial charge in [0.2, 0.25) is 0 Å². The third kappa shape index (κ3) is 7.12. The number of hydrogen-bond acceptors (Lipinski definition) is 4. The summed E-state index contributed by atoms with van der Waals surface area (Å²) in [6.07, 6.45) is 4.93. The number of anilines is 1. The molecule has 2 aromatic rings. The van der Waals surface area contributed by atoms with E-state index >= 15 is 0 Å². The molecule has 3 heterocycles. The van der Waals surface area contributed by atoms with Crippen molar-refractivity contribution in [1.29, 1.82) is 0 Å². The predicted molar refractivity (Wildman–Crippen MR) is 127 cm³/mol. The van der Waals surface area contributed by atoms with Crippen molar-refractivity contribution in [2.24, 2.45) is 4.99 Å². The number of piperidine rings is 1. The highest BCUT2D eigenvalue weighted by Gasteiger charge is 2.20. The fourth-order valence-corrected chi connectivity index (χ4v) is 3.96. The number of pyridine rings is 1. The molecule has 1 aliphatic heterocycles. The van der Waals surface area contributed by atoms with Gasteiger partial charge in [0.1, 0.15) is 5.15 Å². The number of hydrogen-bond donors (Lipinski definition) is 2. The summed E-state index contributed by atoms with van der Waals surface area (Å²) >= 11 is 7.65. The average molecular weight is 520 g/mol. The maximum Gasteiger partial charge on any atom is 0.191 e. The van der Waals surface area contributed by atoms with Gasteiger partial charge in [-0.1, -0.05) is 17.7 Å². The van der Waals surface area contributed by atoms with E-state index in [1.54, 1.807) is 0 Å². The molecule has 5 nitrogen and oxygen atoms in total. The molecule has 1 fully saturated rings. The van der Waals surface area contributed by atoms with E-state index in [0.717, 1.165) is 57.0 Å². The Morgan fingerprint density at radius 2 is 2.15 bits per heavy atom. The zero-order valence-corrected chi connectivity index (χ0v) is 19.4. The Bertz CT molecular complexity index is 685. The molecule has 0 atom stereocenters. The molecule has 0 amide bonds. The summed E-state index contributed by atoms with van der Waals surface area (Å²) in [4.78, 5) is 11.3. The van der Waals surface area contributed by atoms with Crippen LogP contribution in [0.15, 0.2) is 40.8 Å². The smallest absolute Gasteiger partial charge is 0.191 e. The molecule has 2 N–H and O–H groups in total. The number of aliphatic imine (C=N–C) groups is 1. The van der Waals surface area contributed by atoms with Crippen LogP contribution in [0.5, 0.6) is 0 Å². The summed E-state index contributed by atoms with van der Waals surface area (Å²) in [6, 6.07) is 8.63. The first-order valence-electron chi connectivity index (χ1n) is 9.18. The lowest BCUT2D eigenvalue weighted by Gasteiger charge is -2.33. The molecule has 27 heavy (non-hydrogen) atoms. The Morgan fingerprint density at radius 3 is 2.78 bits per heavy atom. The second-order valence-electron chi connectivity index (χ2n) is 6.36. The van der Waals surface area contributed by atoms with Crippen molar-refractivity contribution in [3.8, 4) is 0 Å². The van der Waals surface area contributed by atoms with Gasteiger partial charge in [-0.25, -0.2) is 4.98 Å². The summed E-state index contributed by atoms with van der Waals surface area (Å²) in [5.74, 6) is 0.906. The van der Waals surface area contributed by atoms with Crippen molar-refractivity contribution < 1.29 is 0 Å². The molecule has 0 radical (unpaired) electrons. The zero-order chi connectivity index (χ0) is 18.2. The Labute approximate surface area is 187 Å². The zero-order valence-electron chi connectivity index (χ0n) is 15.5. The van der Waals surface area contributed by atoms with E-state index in [2.05, 4.69) is 45.0 Å². The van der Waals surface area contributed by atoms with Crippen LogP contribution in [0.3, 0.4) is 0 Å². The Hall–Kier alpha value is -1.06. The van der Waals surface area contributed by atoms with Crippen LogP contribution in [-0.2, 0) is 6.42 Å². The molecule has 0 saturated carbocycles. The minimum atomic E-state index is 0. The van der Waals surface area contributed by atoms with Gasteiger partial charge in [-0.15, -0.1) is 35.3 Å². The first-order valence-corrected chi connectivity index (χ1v) is 10.4. The topological polar surface area (TPSA) is 52.6 Å². The van der Waals surface area contributed by atoms with E-state index in [1.807, 2.05) is 29.7 Å². The van der Waals surface area contributed by atoms with E-state index in [9.17, 15) is 0 Å². The van der Waals surface area contributed by atoms with Crippen molar-refractivity contribution in [3.63, 3.8) is 0 Å². The van der Waals surface area contributed by atoms with Crippen LogP contribution in [-0.4, -0.2) is 43.2 Å². The Morgan fingerprint density at radius 1 is 1.33 bits per heavy atom. The summed E-state index contributed by atoms with van der Waals surface area (Å²) in [5.41, 5.74) is 1.15. The van der Waals surface area contributed by atoms with Gasteiger partial charge in [-0.2, -0.15) is 0 Å². The average Bonchev–Trinajstić information content (AvgIpc) is 3.19. The van der Waals surface area contributed by atoms with Crippen molar-refractivity contribution in [2.75, 3.05) is 31.1 Å². The first-order chi connectivity index (χ1) is 12.7. The molecule has 0 bridgehead atoms. The van der Waals surface area contributed by atoms with Gasteiger partial charge in [0.15, 0.2) is 5.96 Å². The SMILES string of the molecule is CCNC(=NCCc1ccc(Cl)nc1)NC1CCN(c2cccs2)CC1.I. The summed E-state index contributed by atoms with van der Waals surface area (Å²) in [6.45, 7) is 5.87. The molecule has 0 unspecified atom stereocenters. The molecule has 1 aliphatic rings. The Kier molecular flexibility index (Phi) is 9.64. The molecule has 0 aliphatic carbocycles. The highest BCUT2D eigenvalue weighted by Crippen LogP contribution is 2.24. The van der Waals surface area contributed by atoms with Gasteiger partial charge < -0.3 is 15.5 Å². The fourth-order valence-electron chi connectivity index (χ4n) is 3.06. The standard InChI is InChI=1S/C19H26ClN5S.HI/c1-2-21-19(22-10-7-15-5-6-17(20)23-14-15)24-16-8-11-25(12-9-16)18-4-3-13-26-18;/h3-6,13-14,16H,2,7-12H2,1H3,(H2,21,22,24);1H. The minimum Gasteiger partial charge on any atom is -0.363 e. The van der Waals surface area contributed by atoms with Gasteiger partial charge >= 0.3 is 0 Å². The number of guanidine groups is 1. The Balaban J connectivity index is 0.00000261. The molecule has 1 saturated heterocycles. The van der Waals surface area contributed by atoms with Crippen molar-refractivity contribution >= 4 is 57.9 Å². The van der Waals surface area contributed by atoms with Gasteiger partial charge in [0, 0.05) is 38.4 Å². The molecule has 0 aromatic carbocycles. The van der Waals surface area contributed by atoms with Crippen LogP contribution in [0, 0.1) is 0 Å². The molecule has 148 valence electrons. The second kappa shape index (κ2) is 11.7. The quantitative estimate of drug-likeness (QED) is 0.260. The number of rotatable bonds is 6. The number of nitrogens with zero attached hydrogens (tertiary/aromatic N) is 3. The number of nitrogens with one attached hydrogen (secondary N) is 2. The number of aromatic nitrogens is 1. The highest BCUT2D eigenvalue weighted by molar-refractivity contribution is 14.0. The molecule has 2 aromatic heterocycles. The van der Waals surface area contributed by atoms with Gasteiger partial charge in [0.25, 0.3) is 0 Å². The van der Waals surface area contributed by atoms with Crippen LogP contribution in [0.4, 0.5) is 5.00 Å². The van der Waals surface area contributed by atoms with Crippen molar-refractivity contribution in [1.82, 2.24) is 15.6 Å². The van der Waals surface area contributed by atoms with Crippen LogP contribution in [0.2, 0.25) is 5.15 Å². The fraction of sp³-hybridized carbons (Fsp3) is 0.474. The largest absolute Gasteiger partial charge is 0.363 e. The van der Waals surface area contributed by atoms with Crippen molar-refractivity contribution in [2.45, 2.75) is 32.2 Å². The summed E-state index contributed by atoms with van der Waals surface area (Å²) in [5, 5.41) is 11.0. The summed E-state index contributed by atoms with van der Waals surface area (Å²) < 4.78 is 0. The van der Waals surface area contributed by atoms with E-state index in [4.69, 9.17) is 16.6 Å². The lowest BCUT2D eigenvalue weighted by Crippen LogP contribution is -2.48. The number of thiophene rings is 1. The molecule has 3 rings (SSSR count). The first kappa shape index (κ1) is 22.2. The monoisotopic (exact) mass is 519 g/mol. The van der Waals surface area contributed by atoms with E-state index in [0.29, 0.717) is 11.2 Å². The van der Waals surface area contributed by atoms with Crippen LogP contribution < -0.4 is 15.5 Å². The molecule has 8 heteroatoms. The van der Waals surface area contributed by atoms with Crippen LogP contribution >= 0.6 is 46.9 Å². The van der Waals surface area contributed by atoms with E-state index in [1.165, 1.54) is 5.00 Å². The molecular formula is C19H27ClIN5S. The van der Waals surface area contributed by atoms with Gasteiger partial charge in [-0.05, 0) is 55.3 Å². The molecule has 0 spiro atoms. The maximum absolute atomic E-state index is 5.83. The van der Waals surface area contributed by atoms with Gasteiger partial charge in [-0.3, -0.25) is 4.99 Å². The van der Waals surface area contributed by atoms with E-state index < -0.39 is 0 Å². The van der Waals surface area contributed by atoms with Gasteiger partial charge in [0.05, 0.1) is 5.00 Å². The highest BCUT2D eigenvalue weighted by atomic mass is 127. The lowest BCUT2D eigenvalue weighted by molar-refractivity contribution is 0.463. The number of halogens is 2. The predicted octanol–water partition coefficient (Wildman–Crippen LogP) is 4.18. The van der Waals surface area contributed by atoms with Crippen molar-refractivity contribution in [3.05, 3.63) is 46.6 Å². The maximum atomic E-state index is 5.83. The normalized spacial score (nSPS) is 15.3. The van der Waals surface area contributed by atoms with Crippen LogP contribution in [0.25, 0.3) is 0 Å². The lowest BCUT2D eigenvalue weighted by atomic mass is 10.1. The third-order valence-corrected chi connectivity index (χ3v) is 5.61.